The second-order valence-electron chi connectivity index (χ2n) is 8.70. The molecule has 2 atom stereocenters. The van der Waals surface area contributed by atoms with Gasteiger partial charge in [-0.3, -0.25) is 9.59 Å². The van der Waals surface area contributed by atoms with Crippen LogP contribution in [0.5, 0.6) is 0 Å². The standard InChI is InChI=1S/C27H30F3N3O4/c1-4-17(3)24(19-9-11-20(12-10-19)25-32-33-26(37-25)27(28,29)30)31-21-15-13-18(14-16-21)22(34)7-6-8-23(35)36-5-2/h9-17,24,31H,4-8H2,1-3H3/t17?,24-/m0/s1. The Balaban J connectivity index is 1.67. The molecule has 1 aromatic heterocycles. The Morgan fingerprint density at radius 3 is 2.24 bits per heavy atom. The highest BCUT2D eigenvalue weighted by Crippen LogP contribution is 2.33. The maximum absolute atomic E-state index is 12.8. The van der Waals surface area contributed by atoms with E-state index in [1.165, 1.54) is 0 Å². The average Bonchev–Trinajstić information content (AvgIpc) is 3.39. The lowest BCUT2D eigenvalue weighted by Crippen LogP contribution is -2.18. The van der Waals surface area contributed by atoms with Crippen LogP contribution in [0.15, 0.2) is 52.9 Å². The lowest BCUT2D eigenvalue weighted by molar-refractivity contribution is -0.157. The van der Waals surface area contributed by atoms with Crippen molar-refractivity contribution in [3.63, 3.8) is 0 Å². The Morgan fingerprint density at radius 1 is 1.00 bits per heavy atom. The highest BCUT2D eigenvalue weighted by Gasteiger charge is 2.38. The van der Waals surface area contributed by atoms with Crippen molar-refractivity contribution < 1.29 is 31.9 Å². The zero-order valence-electron chi connectivity index (χ0n) is 21.0. The highest BCUT2D eigenvalue weighted by molar-refractivity contribution is 5.96. The summed E-state index contributed by atoms with van der Waals surface area (Å²) in [7, 11) is 0. The molecular formula is C27H30F3N3O4. The number of nitrogens with zero attached hydrogens (tertiary/aromatic N) is 2. The van der Waals surface area contributed by atoms with Crippen LogP contribution in [-0.4, -0.2) is 28.6 Å². The summed E-state index contributed by atoms with van der Waals surface area (Å²) >= 11 is 0. The molecular weight excluding hydrogens is 487 g/mol. The molecule has 0 radical (unpaired) electrons. The first-order valence-electron chi connectivity index (χ1n) is 12.2. The van der Waals surface area contributed by atoms with Crippen molar-refractivity contribution in [1.82, 2.24) is 10.2 Å². The van der Waals surface area contributed by atoms with Gasteiger partial charge in [-0.25, -0.2) is 0 Å². The fourth-order valence-corrected chi connectivity index (χ4v) is 3.78. The molecule has 0 amide bonds. The lowest BCUT2D eigenvalue weighted by atomic mass is 9.91. The fraction of sp³-hybridized carbons (Fsp3) is 0.407. The normalized spacial score (nSPS) is 13.1. The van der Waals surface area contributed by atoms with Gasteiger partial charge >= 0.3 is 18.0 Å². The number of carbonyl (C=O) groups is 2. The van der Waals surface area contributed by atoms with Crippen molar-refractivity contribution in [2.24, 2.45) is 5.92 Å². The first-order valence-corrected chi connectivity index (χ1v) is 12.2. The van der Waals surface area contributed by atoms with E-state index in [9.17, 15) is 22.8 Å². The maximum Gasteiger partial charge on any atom is 0.470 e. The van der Waals surface area contributed by atoms with E-state index in [0.29, 0.717) is 24.2 Å². The molecule has 2 aromatic carbocycles. The summed E-state index contributed by atoms with van der Waals surface area (Å²) in [5, 5.41) is 10.1. The number of Topliss-reactive ketones (excluding diaryl/α,β-unsaturated/α-hetero) is 1. The zero-order valence-corrected chi connectivity index (χ0v) is 21.0. The van der Waals surface area contributed by atoms with Crippen LogP contribution in [0.2, 0.25) is 0 Å². The number of aromatic nitrogens is 2. The molecule has 10 heteroatoms. The smallest absolute Gasteiger partial charge is 0.466 e. The molecule has 0 fully saturated rings. The quantitative estimate of drug-likeness (QED) is 0.207. The highest BCUT2D eigenvalue weighted by atomic mass is 19.4. The van der Waals surface area contributed by atoms with Crippen LogP contribution in [0.1, 0.15) is 74.3 Å². The van der Waals surface area contributed by atoms with Crippen LogP contribution in [0.4, 0.5) is 18.9 Å². The van der Waals surface area contributed by atoms with Gasteiger partial charge in [0.2, 0.25) is 5.89 Å². The van der Waals surface area contributed by atoms with E-state index in [2.05, 4.69) is 29.4 Å². The zero-order chi connectivity index (χ0) is 27.0. The van der Waals surface area contributed by atoms with Crippen molar-refractivity contribution >= 4 is 17.4 Å². The number of ketones is 1. The Kier molecular flexibility index (Phi) is 9.43. The number of benzene rings is 2. The van der Waals surface area contributed by atoms with Crippen molar-refractivity contribution in [2.45, 2.75) is 58.7 Å². The number of carbonyl (C=O) groups excluding carboxylic acids is 2. The predicted octanol–water partition coefficient (Wildman–Crippen LogP) is 6.87. The number of rotatable bonds is 12. The van der Waals surface area contributed by atoms with Gasteiger partial charge in [0.1, 0.15) is 0 Å². The molecule has 37 heavy (non-hydrogen) atoms. The number of esters is 1. The minimum atomic E-state index is -4.69. The maximum atomic E-state index is 12.8. The molecule has 0 bridgehead atoms. The van der Waals surface area contributed by atoms with E-state index in [0.717, 1.165) is 17.7 Å². The van der Waals surface area contributed by atoms with E-state index in [4.69, 9.17) is 9.15 Å². The third-order valence-electron chi connectivity index (χ3n) is 6.02. The number of anilines is 1. The number of ether oxygens (including phenoxy) is 1. The molecule has 0 aliphatic heterocycles. The van der Waals surface area contributed by atoms with Crippen LogP contribution < -0.4 is 5.32 Å². The van der Waals surface area contributed by atoms with Crippen LogP contribution in [0, 0.1) is 5.92 Å². The van der Waals surface area contributed by atoms with Gasteiger partial charge in [0.25, 0.3) is 0 Å². The van der Waals surface area contributed by atoms with Gasteiger partial charge in [-0.1, -0.05) is 32.4 Å². The molecule has 198 valence electrons. The van der Waals surface area contributed by atoms with E-state index in [1.807, 2.05) is 24.3 Å². The van der Waals surface area contributed by atoms with E-state index >= 15 is 0 Å². The first kappa shape index (κ1) is 27.9. The van der Waals surface area contributed by atoms with Crippen LogP contribution >= 0.6 is 0 Å². The molecule has 0 aliphatic carbocycles. The molecule has 1 heterocycles. The predicted molar refractivity (Wildman–Crippen MR) is 132 cm³/mol. The number of hydrogen-bond donors (Lipinski definition) is 1. The topological polar surface area (TPSA) is 94.3 Å². The number of halogens is 3. The van der Waals surface area contributed by atoms with E-state index < -0.39 is 12.1 Å². The summed E-state index contributed by atoms with van der Waals surface area (Å²) < 4.78 is 47.9. The van der Waals surface area contributed by atoms with Gasteiger partial charge in [-0.2, -0.15) is 13.2 Å². The van der Waals surface area contributed by atoms with E-state index in [-0.39, 0.29) is 42.4 Å². The van der Waals surface area contributed by atoms with Gasteiger partial charge in [0, 0.05) is 29.7 Å². The molecule has 7 nitrogen and oxygen atoms in total. The number of alkyl halides is 3. The summed E-state index contributed by atoms with van der Waals surface area (Å²) in [5.74, 6) is -1.70. The van der Waals surface area contributed by atoms with Gasteiger partial charge in [-0.15, -0.1) is 10.2 Å². The Morgan fingerprint density at radius 2 is 1.68 bits per heavy atom. The largest absolute Gasteiger partial charge is 0.470 e. The van der Waals surface area contributed by atoms with Gasteiger partial charge in [-0.05, 0) is 61.2 Å². The monoisotopic (exact) mass is 517 g/mol. The first-order chi connectivity index (χ1) is 17.6. The average molecular weight is 518 g/mol. The van der Waals surface area contributed by atoms with Crippen LogP contribution in [0.3, 0.4) is 0 Å². The minimum Gasteiger partial charge on any atom is -0.466 e. The van der Waals surface area contributed by atoms with Gasteiger partial charge < -0.3 is 14.5 Å². The molecule has 0 saturated carbocycles. The summed E-state index contributed by atoms with van der Waals surface area (Å²) in [6.07, 6.45) is -2.90. The number of hydrogen-bond acceptors (Lipinski definition) is 7. The Bertz CT molecular complexity index is 1170. The second-order valence-corrected chi connectivity index (χ2v) is 8.70. The summed E-state index contributed by atoms with van der Waals surface area (Å²) in [5.41, 5.74) is 2.72. The van der Waals surface area contributed by atoms with Crippen molar-refractivity contribution in [2.75, 3.05) is 11.9 Å². The summed E-state index contributed by atoms with van der Waals surface area (Å²) in [6, 6.07) is 14.0. The van der Waals surface area contributed by atoms with Gasteiger partial charge in [0.05, 0.1) is 12.6 Å². The second kappa shape index (κ2) is 12.5. The molecule has 0 aliphatic rings. The van der Waals surface area contributed by atoms with Crippen molar-refractivity contribution in [3.8, 4) is 11.5 Å². The summed E-state index contributed by atoms with van der Waals surface area (Å²) in [4.78, 5) is 23.9. The third kappa shape index (κ3) is 7.65. The fourth-order valence-electron chi connectivity index (χ4n) is 3.78. The molecule has 0 spiro atoms. The van der Waals surface area contributed by atoms with Crippen LogP contribution in [-0.2, 0) is 15.7 Å². The summed E-state index contributed by atoms with van der Waals surface area (Å²) in [6.45, 7) is 6.24. The molecule has 3 rings (SSSR count). The SMILES string of the molecule is CCOC(=O)CCCC(=O)c1ccc(N[C@H](c2ccc(-c3nnc(C(F)(F)F)o3)cc2)C(C)CC)cc1. The minimum absolute atomic E-state index is 0.0420. The van der Waals surface area contributed by atoms with Crippen molar-refractivity contribution in [1.29, 1.82) is 0 Å². The molecule has 1 N–H and O–H groups in total. The van der Waals surface area contributed by atoms with E-state index in [1.54, 1.807) is 31.2 Å². The molecule has 1 unspecified atom stereocenters. The molecule has 3 aromatic rings. The van der Waals surface area contributed by atoms with Gasteiger partial charge in [0.15, 0.2) is 5.78 Å². The lowest BCUT2D eigenvalue weighted by Gasteiger charge is -2.26. The Labute approximate surface area is 213 Å². The third-order valence-corrected chi connectivity index (χ3v) is 6.02. The number of nitrogens with one attached hydrogen (secondary N) is 1. The van der Waals surface area contributed by atoms with Crippen molar-refractivity contribution in [3.05, 3.63) is 65.5 Å². The molecule has 0 saturated heterocycles. The van der Waals surface area contributed by atoms with Crippen LogP contribution in [0.25, 0.3) is 11.5 Å². The Hall–Kier alpha value is -3.69.